The third-order valence-corrected chi connectivity index (χ3v) is 3.54. The van der Waals surface area contributed by atoms with Crippen molar-refractivity contribution in [1.29, 1.82) is 0 Å². The first kappa shape index (κ1) is 12.8. The van der Waals surface area contributed by atoms with Gasteiger partial charge in [-0.2, -0.15) is 4.98 Å². The summed E-state index contributed by atoms with van der Waals surface area (Å²) in [4.78, 5) is 35.5. The number of H-pyrrole nitrogens is 1. The fourth-order valence-electron chi connectivity index (χ4n) is 2.22. The van der Waals surface area contributed by atoms with Gasteiger partial charge in [0.1, 0.15) is 11.1 Å². The van der Waals surface area contributed by atoms with Gasteiger partial charge < -0.3 is 9.73 Å². The maximum atomic E-state index is 12.4. The molecule has 3 aromatic rings. The molecule has 1 fully saturated rings. The Hall–Kier alpha value is -2.90. The highest BCUT2D eigenvalue weighted by molar-refractivity contribution is 5.73. The van der Waals surface area contributed by atoms with Gasteiger partial charge in [0.15, 0.2) is 5.65 Å². The molecule has 3 heterocycles. The second-order valence-electron chi connectivity index (χ2n) is 5.28. The normalized spacial score (nSPS) is 14.4. The van der Waals surface area contributed by atoms with E-state index in [1.54, 1.807) is 12.1 Å². The van der Waals surface area contributed by atoms with E-state index < -0.39 is 11.2 Å². The SMILES string of the molecule is O=c1[nH]c2nc(NC3CC3)ncc2c(=O)n1Cc1ccco1. The maximum Gasteiger partial charge on any atom is 0.330 e. The Morgan fingerprint density at radius 1 is 1.41 bits per heavy atom. The lowest BCUT2D eigenvalue weighted by Crippen LogP contribution is -2.35. The predicted molar refractivity (Wildman–Crippen MR) is 78.9 cm³/mol. The molecule has 1 aliphatic carbocycles. The summed E-state index contributed by atoms with van der Waals surface area (Å²) in [5, 5.41) is 3.40. The van der Waals surface area contributed by atoms with E-state index in [4.69, 9.17) is 4.42 Å². The zero-order valence-corrected chi connectivity index (χ0v) is 11.6. The van der Waals surface area contributed by atoms with Gasteiger partial charge in [-0.15, -0.1) is 0 Å². The van der Waals surface area contributed by atoms with Crippen molar-refractivity contribution in [3.05, 3.63) is 51.2 Å². The van der Waals surface area contributed by atoms with Crippen LogP contribution in [-0.4, -0.2) is 25.6 Å². The summed E-state index contributed by atoms with van der Waals surface area (Å²) < 4.78 is 6.24. The first-order valence-corrected chi connectivity index (χ1v) is 6.99. The molecule has 0 saturated heterocycles. The highest BCUT2D eigenvalue weighted by atomic mass is 16.3. The van der Waals surface area contributed by atoms with Crippen molar-refractivity contribution in [2.45, 2.75) is 25.4 Å². The lowest BCUT2D eigenvalue weighted by Gasteiger charge is -2.06. The number of anilines is 1. The van der Waals surface area contributed by atoms with Crippen LogP contribution < -0.4 is 16.6 Å². The average molecular weight is 299 g/mol. The van der Waals surface area contributed by atoms with Gasteiger partial charge in [-0.1, -0.05) is 0 Å². The van der Waals surface area contributed by atoms with Crippen LogP contribution in [0.25, 0.3) is 11.0 Å². The minimum atomic E-state index is -0.523. The molecule has 0 atom stereocenters. The van der Waals surface area contributed by atoms with Crippen molar-refractivity contribution in [3.63, 3.8) is 0 Å². The minimum absolute atomic E-state index is 0.0686. The van der Waals surface area contributed by atoms with Crippen LogP contribution in [0, 0.1) is 0 Å². The van der Waals surface area contributed by atoms with Crippen molar-refractivity contribution in [2.24, 2.45) is 0 Å². The Kier molecular flexibility index (Phi) is 2.81. The van der Waals surface area contributed by atoms with Gasteiger partial charge in [-0.25, -0.2) is 9.78 Å². The Morgan fingerprint density at radius 3 is 3.00 bits per heavy atom. The number of rotatable bonds is 4. The number of furan rings is 1. The van der Waals surface area contributed by atoms with Crippen LogP contribution in [0.15, 0.2) is 38.6 Å². The van der Waals surface area contributed by atoms with Crippen molar-refractivity contribution < 1.29 is 4.42 Å². The van der Waals surface area contributed by atoms with E-state index in [2.05, 4.69) is 20.3 Å². The second kappa shape index (κ2) is 4.83. The molecule has 4 rings (SSSR count). The van der Waals surface area contributed by atoms with Crippen molar-refractivity contribution in [2.75, 3.05) is 5.32 Å². The summed E-state index contributed by atoms with van der Waals surface area (Å²) in [6, 6.07) is 3.80. The fraction of sp³-hybridized carbons (Fsp3) is 0.286. The monoisotopic (exact) mass is 299 g/mol. The van der Waals surface area contributed by atoms with Crippen LogP contribution >= 0.6 is 0 Å². The summed E-state index contributed by atoms with van der Waals surface area (Å²) in [6.07, 6.45) is 5.10. The Morgan fingerprint density at radius 2 is 2.27 bits per heavy atom. The highest BCUT2D eigenvalue weighted by Gasteiger charge is 2.22. The van der Waals surface area contributed by atoms with Crippen molar-refractivity contribution in [3.8, 4) is 0 Å². The molecule has 0 amide bonds. The minimum Gasteiger partial charge on any atom is -0.467 e. The van der Waals surface area contributed by atoms with E-state index in [0.29, 0.717) is 17.8 Å². The third kappa shape index (κ3) is 2.28. The maximum absolute atomic E-state index is 12.4. The largest absolute Gasteiger partial charge is 0.467 e. The molecule has 1 saturated carbocycles. The van der Waals surface area contributed by atoms with E-state index in [1.165, 1.54) is 12.5 Å². The van der Waals surface area contributed by atoms with E-state index in [-0.39, 0.29) is 17.6 Å². The topological polar surface area (TPSA) is 106 Å². The van der Waals surface area contributed by atoms with Gasteiger partial charge in [0.2, 0.25) is 5.95 Å². The lowest BCUT2D eigenvalue weighted by atomic mass is 10.4. The number of aromatic nitrogens is 4. The first-order chi connectivity index (χ1) is 10.7. The van der Waals surface area contributed by atoms with Gasteiger partial charge in [0, 0.05) is 12.2 Å². The number of nitrogens with one attached hydrogen (secondary N) is 2. The van der Waals surface area contributed by atoms with E-state index in [9.17, 15) is 9.59 Å². The molecule has 8 nitrogen and oxygen atoms in total. The molecule has 0 unspecified atom stereocenters. The van der Waals surface area contributed by atoms with Crippen LogP contribution in [0.2, 0.25) is 0 Å². The third-order valence-electron chi connectivity index (χ3n) is 3.54. The number of hydrogen-bond donors (Lipinski definition) is 2. The van der Waals surface area contributed by atoms with Gasteiger partial charge in [0.05, 0.1) is 12.8 Å². The molecule has 0 bridgehead atoms. The molecule has 8 heteroatoms. The fourth-order valence-corrected chi connectivity index (χ4v) is 2.22. The van der Waals surface area contributed by atoms with Crippen molar-refractivity contribution >= 4 is 17.0 Å². The van der Waals surface area contributed by atoms with Crippen LogP contribution in [0.4, 0.5) is 5.95 Å². The van der Waals surface area contributed by atoms with E-state index >= 15 is 0 Å². The Labute approximate surface area is 123 Å². The molecule has 22 heavy (non-hydrogen) atoms. The molecule has 0 aliphatic heterocycles. The molecular formula is C14H13N5O3. The van der Waals surface area contributed by atoms with Gasteiger partial charge in [-0.05, 0) is 25.0 Å². The van der Waals surface area contributed by atoms with E-state index in [0.717, 1.165) is 17.4 Å². The molecule has 1 aliphatic rings. The number of hydrogen-bond acceptors (Lipinski definition) is 6. The first-order valence-electron chi connectivity index (χ1n) is 6.99. The number of fused-ring (bicyclic) bond motifs is 1. The highest BCUT2D eigenvalue weighted by Crippen LogP contribution is 2.22. The van der Waals surface area contributed by atoms with Crippen LogP contribution in [0.3, 0.4) is 0 Å². The average Bonchev–Trinajstić information content (AvgIpc) is 3.16. The second-order valence-corrected chi connectivity index (χ2v) is 5.28. The van der Waals surface area contributed by atoms with Gasteiger partial charge in [0.25, 0.3) is 5.56 Å². The van der Waals surface area contributed by atoms with Crippen LogP contribution in [0.5, 0.6) is 0 Å². The van der Waals surface area contributed by atoms with Gasteiger partial charge >= 0.3 is 5.69 Å². The molecule has 0 aromatic carbocycles. The Bertz CT molecular complexity index is 937. The molecule has 0 radical (unpaired) electrons. The Balaban J connectivity index is 1.79. The zero-order chi connectivity index (χ0) is 15.1. The standard InChI is InChI=1S/C14H13N5O3/c20-12-10-6-15-13(16-8-3-4-8)17-11(10)18-14(21)19(12)7-9-2-1-5-22-9/h1-2,5-6,8H,3-4,7H2,(H2,15,16,17,18,21). The quantitative estimate of drug-likeness (QED) is 0.734. The molecule has 3 aromatic heterocycles. The summed E-state index contributed by atoms with van der Waals surface area (Å²) in [5.74, 6) is 0.953. The van der Waals surface area contributed by atoms with E-state index in [1.807, 2.05) is 0 Å². The zero-order valence-electron chi connectivity index (χ0n) is 11.6. The molecule has 112 valence electrons. The number of nitrogens with zero attached hydrogens (tertiary/aromatic N) is 3. The van der Waals surface area contributed by atoms with Crippen LogP contribution in [-0.2, 0) is 6.54 Å². The molecular weight excluding hydrogens is 286 g/mol. The summed E-state index contributed by atoms with van der Waals surface area (Å²) in [6.45, 7) is 0.0686. The van der Waals surface area contributed by atoms with Crippen LogP contribution in [0.1, 0.15) is 18.6 Å². The summed E-state index contributed by atoms with van der Waals surface area (Å²) >= 11 is 0. The number of aromatic amines is 1. The molecule has 0 spiro atoms. The van der Waals surface area contributed by atoms with Crippen molar-refractivity contribution in [1.82, 2.24) is 19.5 Å². The van der Waals surface area contributed by atoms with Gasteiger partial charge in [-0.3, -0.25) is 14.3 Å². The lowest BCUT2D eigenvalue weighted by molar-refractivity contribution is 0.484. The summed E-state index contributed by atoms with van der Waals surface area (Å²) in [5.41, 5.74) is -0.720. The summed E-state index contributed by atoms with van der Waals surface area (Å²) in [7, 11) is 0. The molecule has 2 N–H and O–H groups in total. The smallest absolute Gasteiger partial charge is 0.330 e. The predicted octanol–water partition coefficient (Wildman–Crippen LogP) is 0.695.